The molecule has 0 spiro atoms. The van der Waals surface area contributed by atoms with Gasteiger partial charge in [-0.25, -0.2) is 4.68 Å². The van der Waals surface area contributed by atoms with Gasteiger partial charge in [-0.15, -0.1) is 10.2 Å². The van der Waals surface area contributed by atoms with Crippen LogP contribution in [-0.4, -0.2) is 32.0 Å². The summed E-state index contributed by atoms with van der Waals surface area (Å²) in [4.78, 5) is 10.5. The number of aromatic nitrogens is 3. The molecule has 0 saturated carbocycles. The van der Waals surface area contributed by atoms with Gasteiger partial charge in [0, 0.05) is 11.5 Å². The molecule has 1 unspecified atom stereocenters. The van der Waals surface area contributed by atoms with Crippen LogP contribution in [0, 0.1) is 10.1 Å². The summed E-state index contributed by atoms with van der Waals surface area (Å²) in [5, 5.41) is 34.3. The third-order valence-corrected chi connectivity index (χ3v) is 5.66. The van der Waals surface area contributed by atoms with E-state index in [0.717, 1.165) is 10.2 Å². The maximum Gasteiger partial charge on any atom is 0.315 e. The number of hydrogen-bond donors (Lipinski definition) is 1. The number of methoxy groups -OCH3 is 1. The first-order valence-electron chi connectivity index (χ1n) is 6.38. The van der Waals surface area contributed by atoms with Gasteiger partial charge in [0.1, 0.15) is 16.7 Å². The van der Waals surface area contributed by atoms with Crippen molar-refractivity contribution in [3.63, 3.8) is 0 Å². The summed E-state index contributed by atoms with van der Waals surface area (Å²) < 4.78 is 6.86. The number of nitrogens with zero attached hydrogens (tertiary/aromatic N) is 5. The lowest BCUT2D eigenvalue weighted by atomic mass is 10.1. The van der Waals surface area contributed by atoms with Crippen LogP contribution in [0.4, 0.5) is 5.69 Å². The topological polar surface area (TPSA) is 107 Å². The minimum atomic E-state index is -0.627. The van der Waals surface area contributed by atoms with Crippen LogP contribution in [0.2, 0.25) is 0 Å². The molecule has 1 aromatic heterocycles. The van der Waals surface area contributed by atoms with Gasteiger partial charge in [-0.1, -0.05) is 11.8 Å². The van der Waals surface area contributed by atoms with Crippen molar-refractivity contribution in [3.8, 4) is 11.5 Å². The molecule has 0 radical (unpaired) electrons. The molecule has 2 aromatic rings. The van der Waals surface area contributed by atoms with E-state index in [0.29, 0.717) is 5.56 Å². The van der Waals surface area contributed by atoms with Gasteiger partial charge in [0.05, 0.1) is 12.0 Å². The first-order chi connectivity index (χ1) is 11.1. The number of fused-ring (bicyclic) bond motifs is 3. The Bertz CT molecular complexity index is 852. The molecule has 1 N–H and O–H groups in total. The fourth-order valence-corrected chi connectivity index (χ4v) is 4.63. The van der Waals surface area contributed by atoms with Crippen molar-refractivity contribution in [2.45, 2.75) is 10.5 Å². The number of ether oxygens (including phenoxy) is 1. The van der Waals surface area contributed by atoms with Crippen LogP contribution in [0.25, 0.3) is 0 Å². The van der Waals surface area contributed by atoms with E-state index in [1.165, 1.54) is 36.7 Å². The van der Waals surface area contributed by atoms with E-state index in [-0.39, 0.29) is 16.8 Å². The van der Waals surface area contributed by atoms with E-state index in [1.807, 2.05) is 10.4 Å². The number of rotatable bonds is 3. The van der Waals surface area contributed by atoms with Crippen molar-refractivity contribution < 1.29 is 14.8 Å². The third-order valence-electron chi connectivity index (χ3n) is 3.45. The van der Waals surface area contributed by atoms with Crippen molar-refractivity contribution >= 4 is 29.2 Å². The molecular formula is C12H9N5O4S2. The second-order valence-electron chi connectivity index (χ2n) is 4.70. The van der Waals surface area contributed by atoms with Crippen molar-refractivity contribution in [1.29, 1.82) is 0 Å². The molecule has 118 valence electrons. The zero-order valence-electron chi connectivity index (χ0n) is 11.6. The van der Waals surface area contributed by atoms with Crippen LogP contribution in [0.3, 0.4) is 0 Å². The van der Waals surface area contributed by atoms with Gasteiger partial charge in [0.25, 0.3) is 0 Å². The molecular weight excluding hydrogens is 342 g/mol. The van der Waals surface area contributed by atoms with Gasteiger partial charge >= 0.3 is 5.69 Å². The lowest BCUT2D eigenvalue weighted by Crippen LogP contribution is -2.28. The second kappa shape index (κ2) is 5.06. The SMILES string of the molecule is COc1cc(C2SC=C3Sc4nncn4N32)cc([N+](=O)[O-])c1O. The molecule has 0 bridgehead atoms. The number of phenols is 1. The Hall–Kier alpha value is -2.40. The van der Waals surface area contributed by atoms with Gasteiger partial charge in [-0.05, 0) is 23.4 Å². The van der Waals surface area contributed by atoms with E-state index in [1.54, 1.807) is 17.1 Å². The van der Waals surface area contributed by atoms with Gasteiger partial charge in [-0.3, -0.25) is 15.1 Å². The smallest absolute Gasteiger partial charge is 0.315 e. The normalized spacial score (nSPS) is 18.6. The Morgan fingerprint density at radius 3 is 3.04 bits per heavy atom. The van der Waals surface area contributed by atoms with Crippen LogP contribution in [0.1, 0.15) is 10.9 Å². The molecule has 0 amide bonds. The number of thioether (sulfide) groups is 2. The monoisotopic (exact) mass is 351 g/mol. The molecule has 2 aliphatic rings. The number of phenolic OH excluding ortho intramolecular Hbond substituents is 1. The number of benzene rings is 1. The average Bonchev–Trinajstić information content (AvgIpc) is 3.19. The minimum Gasteiger partial charge on any atom is -0.500 e. The molecule has 1 atom stereocenters. The second-order valence-corrected chi connectivity index (χ2v) is 6.64. The van der Waals surface area contributed by atoms with Crippen molar-refractivity contribution in [1.82, 2.24) is 14.9 Å². The summed E-state index contributed by atoms with van der Waals surface area (Å²) in [6, 6.07) is 2.96. The Morgan fingerprint density at radius 1 is 1.48 bits per heavy atom. The Morgan fingerprint density at radius 2 is 2.30 bits per heavy atom. The zero-order valence-corrected chi connectivity index (χ0v) is 13.2. The van der Waals surface area contributed by atoms with Crippen molar-refractivity contribution in [2.75, 3.05) is 12.1 Å². The Labute approximate surface area is 138 Å². The van der Waals surface area contributed by atoms with E-state index in [4.69, 9.17) is 4.74 Å². The zero-order chi connectivity index (χ0) is 16.1. The number of nitro groups is 1. The summed E-state index contributed by atoms with van der Waals surface area (Å²) in [5.41, 5.74) is 0.258. The summed E-state index contributed by atoms with van der Waals surface area (Å²) >= 11 is 2.98. The molecule has 0 saturated heterocycles. The summed E-state index contributed by atoms with van der Waals surface area (Å²) in [7, 11) is 1.36. The highest BCUT2D eigenvalue weighted by Gasteiger charge is 2.39. The standard InChI is InChI=1S/C12H9N5O4S2/c1-21-8-3-6(2-7(10(8)18)17(19)20)11-16-9(4-22-11)23-12-14-13-5-15(12)16/h2-5,11,18H,1H3. The first-order valence-corrected chi connectivity index (χ1v) is 8.14. The maximum absolute atomic E-state index is 11.2. The van der Waals surface area contributed by atoms with Crippen LogP contribution < -0.4 is 9.75 Å². The van der Waals surface area contributed by atoms with Gasteiger partial charge in [0.15, 0.2) is 5.75 Å². The Kier molecular flexibility index (Phi) is 3.13. The Balaban J connectivity index is 1.80. The molecule has 2 aliphatic heterocycles. The fraction of sp³-hybridized carbons (Fsp3) is 0.167. The highest BCUT2D eigenvalue weighted by Crippen LogP contribution is 2.52. The summed E-state index contributed by atoms with van der Waals surface area (Å²) in [6.45, 7) is 0. The lowest BCUT2D eigenvalue weighted by molar-refractivity contribution is -0.386. The molecule has 23 heavy (non-hydrogen) atoms. The van der Waals surface area contributed by atoms with Crippen LogP contribution >= 0.6 is 23.5 Å². The minimum absolute atomic E-state index is 0.0686. The number of hydrogen-bond acceptors (Lipinski definition) is 9. The molecule has 11 heteroatoms. The van der Waals surface area contributed by atoms with Crippen LogP contribution in [-0.2, 0) is 0 Å². The molecule has 1 aromatic carbocycles. The van der Waals surface area contributed by atoms with E-state index in [2.05, 4.69) is 10.2 Å². The quantitative estimate of drug-likeness (QED) is 0.657. The number of nitro benzene ring substituents is 1. The van der Waals surface area contributed by atoms with Crippen LogP contribution in [0.15, 0.2) is 34.1 Å². The highest BCUT2D eigenvalue weighted by atomic mass is 32.2. The van der Waals surface area contributed by atoms with Gasteiger partial charge in [-0.2, -0.15) is 0 Å². The molecule has 4 rings (SSSR count). The molecule has 9 nitrogen and oxygen atoms in total. The average molecular weight is 351 g/mol. The largest absolute Gasteiger partial charge is 0.500 e. The maximum atomic E-state index is 11.2. The van der Waals surface area contributed by atoms with E-state index < -0.39 is 10.7 Å². The first kappa shape index (κ1) is 14.2. The summed E-state index contributed by atoms with van der Waals surface area (Å²) in [6.07, 6.45) is 1.59. The highest BCUT2D eigenvalue weighted by molar-refractivity contribution is 8.07. The van der Waals surface area contributed by atoms with Crippen molar-refractivity contribution in [2.24, 2.45) is 0 Å². The predicted octanol–water partition coefficient (Wildman–Crippen LogP) is 2.19. The van der Waals surface area contributed by atoms with Gasteiger partial charge < -0.3 is 9.84 Å². The van der Waals surface area contributed by atoms with Gasteiger partial charge in [0.2, 0.25) is 10.9 Å². The predicted molar refractivity (Wildman–Crippen MR) is 83.8 cm³/mol. The molecule has 0 aliphatic carbocycles. The number of aromatic hydroxyl groups is 1. The van der Waals surface area contributed by atoms with Crippen molar-refractivity contribution in [3.05, 3.63) is 44.6 Å². The third kappa shape index (κ3) is 2.04. The van der Waals surface area contributed by atoms with E-state index in [9.17, 15) is 15.2 Å². The van der Waals surface area contributed by atoms with Crippen LogP contribution in [0.5, 0.6) is 11.5 Å². The molecule has 3 heterocycles. The summed E-state index contributed by atoms with van der Waals surface area (Å²) in [5.74, 6) is -0.405. The molecule has 0 fully saturated rings. The van der Waals surface area contributed by atoms with E-state index >= 15 is 0 Å². The fourth-order valence-electron chi connectivity index (χ4n) is 2.44. The lowest BCUT2D eigenvalue weighted by Gasteiger charge is -2.24.